The van der Waals surface area contributed by atoms with E-state index in [-0.39, 0.29) is 5.91 Å². The Labute approximate surface area is 252 Å². The molecule has 1 aromatic carbocycles. The van der Waals surface area contributed by atoms with Crippen molar-refractivity contribution in [2.24, 2.45) is 17.8 Å². The number of nitrogens with zero attached hydrogens (tertiary/aromatic N) is 4. The van der Waals surface area contributed by atoms with Crippen LogP contribution in [0.5, 0.6) is 11.6 Å². The van der Waals surface area contributed by atoms with E-state index in [9.17, 15) is 4.79 Å². The van der Waals surface area contributed by atoms with Crippen molar-refractivity contribution >= 4 is 34.9 Å². The van der Waals surface area contributed by atoms with E-state index in [0.29, 0.717) is 27.6 Å². The third-order valence-corrected chi connectivity index (χ3v) is 9.08. The number of amides is 1. The summed E-state index contributed by atoms with van der Waals surface area (Å²) in [6, 6.07) is 13.6. The first-order valence-electron chi connectivity index (χ1n) is 14.7. The van der Waals surface area contributed by atoms with Crippen molar-refractivity contribution in [3.05, 3.63) is 64.3 Å². The van der Waals surface area contributed by atoms with Gasteiger partial charge in [-0.1, -0.05) is 23.2 Å². The molecule has 1 saturated carbocycles. The Bertz CT molecular complexity index is 1340. The lowest BCUT2D eigenvalue weighted by Gasteiger charge is -2.32. The Hall–Kier alpha value is -2.87. The number of aromatic nitrogens is 2. The molecule has 1 aliphatic carbocycles. The third-order valence-electron chi connectivity index (χ3n) is 8.65. The van der Waals surface area contributed by atoms with Crippen LogP contribution in [-0.4, -0.2) is 53.5 Å². The molecule has 1 amide bonds. The van der Waals surface area contributed by atoms with Crippen LogP contribution in [0.1, 0.15) is 44.6 Å². The van der Waals surface area contributed by atoms with Crippen LogP contribution in [0.15, 0.2) is 48.7 Å². The van der Waals surface area contributed by atoms with E-state index in [1.165, 1.54) is 19.3 Å². The highest BCUT2D eigenvalue weighted by Crippen LogP contribution is 2.38. The van der Waals surface area contributed by atoms with Gasteiger partial charge in [-0.3, -0.25) is 9.69 Å². The lowest BCUT2D eigenvalue weighted by molar-refractivity contribution is -0.119. The molecule has 0 radical (unpaired) electrons. The number of rotatable bonds is 8. The summed E-state index contributed by atoms with van der Waals surface area (Å²) in [5.41, 5.74) is 2.71. The molecule has 9 heteroatoms. The molecule has 216 valence electrons. The van der Waals surface area contributed by atoms with E-state index in [1.807, 2.05) is 24.3 Å². The first-order valence-corrected chi connectivity index (χ1v) is 15.4. The fourth-order valence-electron chi connectivity index (χ4n) is 6.58. The molecule has 7 nitrogen and oxygen atoms in total. The van der Waals surface area contributed by atoms with E-state index in [0.717, 1.165) is 86.6 Å². The average molecular weight is 595 g/mol. The van der Waals surface area contributed by atoms with Gasteiger partial charge in [0.15, 0.2) is 0 Å². The topological polar surface area (TPSA) is 70.6 Å². The van der Waals surface area contributed by atoms with Crippen LogP contribution in [-0.2, 0) is 11.3 Å². The highest BCUT2D eigenvalue weighted by Gasteiger charge is 2.33. The van der Waals surface area contributed by atoms with Gasteiger partial charge in [0.1, 0.15) is 11.6 Å². The van der Waals surface area contributed by atoms with Crippen LogP contribution in [0.4, 0.5) is 5.82 Å². The van der Waals surface area contributed by atoms with E-state index >= 15 is 0 Å². The minimum Gasteiger partial charge on any atom is -0.437 e. The normalized spacial score (nSPS) is 21.2. The van der Waals surface area contributed by atoms with Crippen LogP contribution >= 0.6 is 23.2 Å². The number of hydrogen-bond acceptors (Lipinski definition) is 6. The summed E-state index contributed by atoms with van der Waals surface area (Å²) in [6.07, 6.45) is 7.98. The number of benzene rings is 1. The first kappa shape index (κ1) is 28.3. The van der Waals surface area contributed by atoms with Crippen LogP contribution < -0.4 is 15.0 Å². The number of anilines is 1. The molecule has 3 aromatic rings. The molecule has 2 aromatic heterocycles. The van der Waals surface area contributed by atoms with Crippen LogP contribution in [0, 0.1) is 17.8 Å². The predicted molar refractivity (Wildman–Crippen MR) is 164 cm³/mol. The minimum atomic E-state index is 0.0358. The van der Waals surface area contributed by atoms with E-state index < -0.39 is 0 Å². The van der Waals surface area contributed by atoms with Crippen molar-refractivity contribution in [2.75, 3.05) is 37.6 Å². The standard InChI is InChI=1S/C32H37Cl2N5O2/c1-21(40)35-16-22-6-8-38(9-7-22)18-25-11-30(26-13-27(33)15-28(34)14-26)37-32(12-25)41-29-4-5-31(36-17-29)39-19-23-2-3-24(10-23)20-39/h4-5,11-15,17,22-24H,2-3,6-10,16,18-20H2,1H3,(H,35,40). The zero-order valence-corrected chi connectivity index (χ0v) is 25.0. The molecular weight excluding hydrogens is 557 g/mol. The second kappa shape index (κ2) is 12.6. The molecule has 2 saturated heterocycles. The number of pyridine rings is 2. The van der Waals surface area contributed by atoms with Crippen LogP contribution in [0.25, 0.3) is 11.3 Å². The largest absolute Gasteiger partial charge is 0.437 e. The number of ether oxygens (including phenoxy) is 1. The van der Waals surface area contributed by atoms with E-state index in [1.54, 1.807) is 19.2 Å². The van der Waals surface area contributed by atoms with Gasteiger partial charge in [0.25, 0.3) is 0 Å². The van der Waals surface area contributed by atoms with Gasteiger partial charge < -0.3 is 15.0 Å². The van der Waals surface area contributed by atoms with E-state index in [4.69, 9.17) is 37.9 Å². The number of piperidine rings is 2. The highest BCUT2D eigenvalue weighted by molar-refractivity contribution is 6.35. The second-order valence-electron chi connectivity index (χ2n) is 11.9. The second-order valence-corrected chi connectivity index (χ2v) is 12.8. The zero-order chi connectivity index (χ0) is 28.3. The van der Waals surface area contributed by atoms with Crippen molar-refractivity contribution in [2.45, 2.75) is 45.6 Å². The monoisotopic (exact) mass is 593 g/mol. The molecule has 6 rings (SSSR count). The quantitative estimate of drug-likeness (QED) is 0.309. The highest BCUT2D eigenvalue weighted by atomic mass is 35.5. The van der Waals surface area contributed by atoms with Crippen LogP contribution in [0.3, 0.4) is 0 Å². The fourth-order valence-corrected chi connectivity index (χ4v) is 7.11. The lowest BCUT2D eigenvalue weighted by atomic mass is 9.96. The Balaban J connectivity index is 1.19. The molecule has 0 spiro atoms. The van der Waals surface area contributed by atoms with Gasteiger partial charge in [-0.25, -0.2) is 9.97 Å². The third kappa shape index (κ3) is 7.32. The van der Waals surface area contributed by atoms with Gasteiger partial charge in [0, 0.05) is 54.8 Å². The molecule has 2 aliphatic heterocycles. The summed E-state index contributed by atoms with van der Waals surface area (Å²) in [6.45, 7) is 7.26. The summed E-state index contributed by atoms with van der Waals surface area (Å²) >= 11 is 12.7. The molecule has 2 unspecified atom stereocenters. The Morgan fingerprint density at radius 1 is 1.00 bits per heavy atom. The summed E-state index contributed by atoms with van der Waals surface area (Å²) < 4.78 is 6.28. The van der Waals surface area contributed by atoms with Gasteiger partial charge in [-0.15, -0.1) is 0 Å². The summed E-state index contributed by atoms with van der Waals surface area (Å²) in [4.78, 5) is 25.8. The smallest absolute Gasteiger partial charge is 0.220 e. The fraction of sp³-hybridized carbons (Fsp3) is 0.469. The van der Waals surface area contributed by atoms with Gasteiger partial charge in [-0.05, 0) is 105 Å². The lowest BCUT2D eigenvalue weighted by Crippen LogP contribution is -2.37. The SMILES string of the molecule is CC(=O)NCC1CCN(Cc2cc(Oc3ccc(N4CC5CCC(C5)C4)nc3)nc(-c3cc(Cl)cc(Cl)c3)c2)CC1. The van der Waals surface area contributed by atoms with Crippen molar-refractivity contribution < 1.29 is 9.53 Å². The first-order chi connectivity index (χ1) is 19.9. The van der Waals surface area contributed by atoms with Gasteiger partial charge in [-0.2, -0.15) is 0 Å². The van der Waals surface area contributed by atoms with Crippen molar-refractivity contribution in [1.82, 2.24) is 20.2 Å². The summed E-state index contributed by atoms with van der Waals surface area (Å²) in [7, 11) is 0. The number of hydrogen-bond donors (Lipinski definition) is 1. The molecule has 3 fully saturated rings. The average Bonchev–Trinajstić information content (AvgIpc) is 3.29. The minimum absolute atomic E-state index is 0.0358. The zero-order valence-electron chi connectivity index (χ0n) is 23.5. The number of carbonyl (C=O) groups excluding carboxylic acids is 1. The summed E-state index contributed by atoms with van der Waals surface area (Å²) in [5.74, 6) is 4.36. The maximum absolute atomic E-state index is 11.3. The Morgan fingerprint density at radius 3 is 2.39 bits per heavy atom. The maximum Gasteiger partial charge on any atom is 0.220 e. The van der Waals surface area contributed by atoms with Crippen molar-refractivity contribution in [3.8, 4) is 22.9 Å². The Kier molecular flexibility index (Phi) is 8.65. The number of fused-ring (bicyclic) bond motifs is 2. The maximum atomic E-state index is 11.3. The number of halogens is 2. The van der Waals surface area contributed by atoms with Gasteiger partial charge >= 0.3 is 0 Å². The predicted octanol–water partition coefficient (Wildman–Crippen LogP) is 6.83. The van der Waals surface area contributed by atoms with Gasteiger partial charge in [0.2, 0.25) is 11.8 Å². The molecule has 4 heterocycles. The molecule has 1 N–H and O–H groups in total. The van der Waals surface area contributed by atoms with Crippen LogP contribution in [0.2, 0.25) is 10.0 Å². The number of carbonyl (C=O) groups is 1. The molecule has 2 bridgehead atoms. The number of nitrogens with one attached hydrogen (secondary N) is 1. The number of likely N-dealkylation sites (tertiary alicyclic amines) is 1. The molecule has 2 atom stereocenters. The van der Waals surface area contributed by atoms with Crippen molar-refractivity contribution in [1.29, 1.82) is 0 Å². The van der Waals surface area contributed by atoms with E-state index in [2.05, 4.69) is 27.2 Å². The van der Waals surface area contributed by atoms with Gasteiger partial charge in [0.05, 0.1) is 11.9 Å². The van der Waals surface area contributed by atoms with Crippen molar-refractivity contribution in [3.63, 3.8) is 0 Å². The Morgan fingerprint density at radius 2 is 1.73 bits per heavy atom. The molecule has 3 aliphatic rings. The molecular formula is C32H37Cl2N5O2. The molecule has 41 heavy (non-hydrogen) atoms. The summed E-state index contributed by atoms with van der Waals surface area (Å²) in [5, 5.41) is 4.09.